The molecule has 4 rings (SSSR count). The molecule has 3 aromatic rings. The van der Waals surface area contributed by atoms with E-state index in [1.54, 1.807) is 60.7 Å². The number of halogens is 7. The van der Waals surface area contributed by atoms with Gasteiger partial charge in [0.25, 0.3) is 0 Å². The first-order valence-electron chi connectivity index (χ1n) is 11.3. The topological polar surface area (TPSA) is 35.9 Å². The lowest BCUT2D eigenvalue weighted by molar-refractivity contribution is -0.253. The zero-order valence-corrected chi connectivity index (χ0v) is 19.3. The molecule has 198 valence electrons. The third kappa shape index (κ3) is 6.10. The molecule has 1 N–H and O–H groups in total. The van der Waals surface area contributed by atoms with Gasteiger partial charge in [-0.1, -0.05) is 54.6 Å². The summed E-state index contributed by atoms with van der Waals surface area (Å²) in [6, 6.07) is 20.3. The monoisotopic (exact) mass is 528 g/mol. The summed E-state index contributed by atoms with van der Waals surface area (Å²) >= 11 is 0. The van der Waals surface area contributed by atoms with Gasteiger partial charge in [-0.15, -0.1) is 0 Å². The third-order valence-corrected chi connectivity index (χ3v) is 6.01. The fourth-order valence-electron chi connectivity index (χ4n) is 4.30. The average Bonchev–Trinajstić information content (AvgIpc) is 2.85. The molecular formula is C26H23F7N2O2. The van der Waals surface area contributed by atoms with Crippen LogP contribution in [0.2, 0.25) is 0 Å². The van der Waals surface area contributed by atoms with E-state index < -0.39 is 43.2 Å². The molecule has 1 heterocycles. The molecule has 2 atom stereocenters. The maximum Gasteiger partial charge on any atom is 0.461 e. The minimum Gasteiger partial charge on any atom is -0.428 e. The van der Waals surface area contributed by atoms with E-state index in [4.69, 9.17) is 0 Å². The van der Waals surface area contributed by atoms with E-state index in [2.05, 4.69) is 4.74 Å². The lowest BCUT2D eigenvalue weighted by atomic mass is 9.98. The van der Waals surface area contributed by atoms with Crippen LogP contribution in [-0.2, 0) is 6.54 Å². The van der Waals surface area contributed by atoms with Gasteiger partial charge >= 0.3 is 18.7 Å². The van der Waals surface area contributed by atoms with Crippen LogP contribution >= 0.6 is 0 Å². The highest BCUT2D eigenvalue weighted by atomic mass is 19.4. The molecule has 0 unspecified atom stereocenters. The second kappa shape index (κ2) is 10.5. The van der Waals surface area contributed by atoms with Crippen molar-refractivity contribution in [3.63, 3.8) is 0 Å². The third-order valence-electron chi connectivity index (χ3n) is 6.01. The first-order valence-corrected chi connectivity index (χ1v) is 11.3. The largest absolute Gasteiger partial charge is 0.461 e. The lowest BCUT2D eigenvalue weighted by Gasteiger charge is -2.45. The van der Waals surface area contributed by atoms with E-state index in [0.29, 0.717) is 22.5 Å². The normalized spacial score (nSPS) is 17.1. The SMILES string of the molecule is O[C@H](CN1c2ccccc2N(Cc2cccc(OC(F)(F)C(F)F)c2)C[C@@H]1c1ccccc1)C(F)(F)F. The molecule has 0 saturated carbocycles. The van der Waals surface area contributed by atoms with Gasteiger partial charge in [-0.05, 0) is 35.4 Å². The van der Waals surface area contributed by atoms with Gasteiger partial charge < -0.3 is 19.6 Å². The number of β-amino-alcohol motifs (C(OH)–C–C–N with tert-alkyl or cyclic N) is 1. The zero-order valence-electron chi connectivity index (χ0n) is 19.3. The van der Waals surface area contributed by atoms with Crippen LogP contribution in [0.15, 0.2) is 78.9 Å². The molecule has 0 saturated heterocycles. The van der Waals surface area contributed by atoms with Gasteiger partial charge in [0.15, 0.2) is 6.10 Å². The van der Waals surface area contributed by atoms with Gasteiger partial charge in [0.1, 0.15) is 5.75 Å². The van der Waals surface area contributed by atoms with Crippen LogP contribution in [0.1, 0.15) is 17.2 Å². The number of rotatable bonds is 8. The molecule has 0 bridgehead atoms. The number of aliphatic hydroxyl groups excluding tert-OH is 1. The van der Waals surface area contributed by atoms with E-state index in [0.717, 1.165) is 6.07 Å². The molecule has 3 aromatic carbocycles. The van der Waals surface area contributed by atoms with E-state index in [1.807, 2.05) is 4.90 Å². The minimum atomic E-state index is -4.81. The molecule has 0 amide bonds. The molecule has 4 nitrogen and oxygen atoms in total. The first kappa shape index (κ1) is 26.6. The molecule has 1 aliphatic rings. The maximum absolute atomic E-state index is 13.4. The summed E-state index contributed by atoms with van der Waals surface area (Å²) in [6.07, 6.45) is -16.1. The van der Waals surface area contributed by atoms with Crippen molar-refractivity contribution in [3.05, 3.63) is 90.0 Å². The summed E-state index contributed by atoms with van der Waals surface area (Å²) in [4.78, 5) is 3.36. The summed E-state index contributed by atoms with van der Waals surface area (Å²) in [5, 5.41) is 9.88. The Morgan fingerprint density at radius 1 is 0.865 bits per heavy atom. The van der Waals surface area contributed by atoms with Gasteiger partial charge in [-0.25, -0.2) is 0 Å². The quantitative estimate of drug-likeness (QED) is 0.343. The number of nitrogens with zero attached hydrogens (tertiary/aromatic N) is 2. The second-order valence-electron chi connectivity index (χ2n) is 8.62. The Hall–Kier alpha value is -3.47. The number of aliphatic hydroxyl groups is 1. The predicted molar refractivity (Wildman–Crippen MR) is 124 cm³/mol. The van der Waals surface area contributed by atoms with E-state index in [1.165, 1.54) is 17.0 Å². The van der Waals surface area contributed by atoms with Crippen molar-refractivity contribution in [3.8, 4) is 5.75 Å². The zero-order chi connectivity index (χ0) is 26.8. The van der Waals surface area contributed by atoms with Crippen LogP contribution in [0.5, 0.6) is 5.75 Å². The van der Waals surface area contributed by atoms with Gasteiger partial charge in [-0.3, -0.25) is 0 Å². The molecule has 0 spiro atoms. The highest BCUT2D eigenvalue weighted by Gasteiger charge is 2.44. The Balaban J connectivity index is 1.68. The van der Waals surface area contributed by atoms with Crippen molar-refractivity contribution >= 4 is 11.4 Å². The minimum absolute atomic E-state index is 0.132. The number of anilines is 2. The summed E-state index contributed by atoms with van der Waals surface area (Å²) in [5.41, 5.74) is 2.19. The van der Waals surface area contributed by atoms with Crippen LogP contribution in [0.25, 0.3) is 0 Å². The van der Waals surface area contributed by atoms with E-state index >= 15 is 0 Å². The highest BCUT2D eigenvalue weighted by molar-refractivity contribution is 5.74. The Bertz CT molecular complexity index is 1190. The number of fused-ring (bicyclic) bond motifs is 1. The predicted octanol–water partition coefficient (Wildman–Crippen LogP) is 6.41. The summed E-state index contributed by atoms with van der Waals surface area (Å²) in [7, 11) is 0. The number of para-hydroxylation sites is 2. The Kier molecular flexibility index (Phi) is 7.54. The Morgan fingerprint density at radius 3 is 2.16 bits per heavy atom. The molecular weight excluding hydrogens is 505 g/mol. The van der Waals surface area contributed by atoms with E-state index in [9.17, 15) is 35.8 Å². The highest BCUT2D eigenvalue weighted by Crippen LogP contribution is 2.42. The standard InChI is InChI=1S/C26H23F7N2O2/c27-24(28)26(32,33)37-19-10-6-7-17(13-19)14-34-15-22(18-8-2-1-3-9-18)35(16-23(36)25(29,30)31)21-12-5-4-11-20(21)34/h1-13,22-24,36H,14-16H2/t22-,23-/m1/s1. The first-order chi connectivity index (χ1) is 17.5. The van der Waals surface area contributed by atoms with Crippen LogP contribution in [-0.4, -0.2) is 43.0 Å². The number of alkyl halides is 7. The van der Waals surface area contributed by atoms with Gasteiger partial charge in [0.05, 0.1) is 24.0 Å². The number of benzene rings is 3. The van der Waals surface area contributed by atoms with Crippen molar-refractivity contribution in [1.82, 2.24) is 0 Å². The van der Waals surface area contributed by atoms with Crippen LogP contribution in [0.3, 0.4) is 0 Å². The molecule has 11 heteroatoms. The lowest BCUT2D eigenvalue weighted by Crippen LogP contribution is -2.49. The maximum atomic E-state index is 13.4. The number of ether oxygens (including phenoxy) is 1. The summed E-state index contributed by atoms with van der Waals surface area (Å²) in [6.45, 7) is -0.364. The summed E-state index contributed by atoms with van der Waals surface area (Å²) < 4.78 is 96.0. The molecule has 37 heavy (non-hydrogen) atoms. The van der Waals surface area contributed by atoms with Crippen LogP contribution in [0.4, 0.5) is 42.1 Å². The summed E-state index contributed by atoms with van der Waals surface area (Å²) in [5.74, 6) is -0.442. The molecule has 0 radical (unpaired) electrons. The van der Waals surface area contributed by atoms with Crippen LogP contribution in [0, 0.1) is 0 Å². The van der Waals surface area contributed by atoms with Gasteiger partial charge in [0, 0.05) is 13.1 Å². The molecule has 0 aromatic heterocycles. The van der Waals surface area contributed by atoms with Crippen molar-refractivity contribution < 1.29 is 40.6 Å². The van der Waals surface area contributed by atoms with Crippen molar-refractivity contribution in [2.45, 2.75) is 37.4 Å². The fourth-order valence-corrected chi connectivity index (χ4v) is 4.30. The van der Waals surface area contributed by atoms with Crippen molar-refractivity contribution in [2.24, 2.45) is 0 Å². The Morgan fingerprint density at radius 2 is 1.51 bits per heavy atom. The smallest absolute Gasteiger partial charge is 0.428 e. The van der Waals surface area contributed by atoms with Crippen LogP contribution < -0.4 is 14.5 Å². The second-order valence-corrected chi connectivity index (χ2v) is 8.62. The molecule has 0 fully saturated rings. The fraction of sp³-hybridized carbons (Fsp3) is 0.308. The average molecular weight is 528 g/mol. The van der Waals surface area contributed by atoms with Gasteiger partial charge in [0.2, 0.25) is 0 Å². The van der Waals surface area contributed by atoms with Crippen molar-refractivity contribution in [1.29, 1.82) is 0 Å². The van der Waals surface area contributed by atoms with Gasteiger partial charge in [-0.2, -0.15) is 30.7 Å². The molecule has 0 aliphatic carbocycles. The Labute approximate surface area is 208 Å². The number of hydrogen-bond acceptors (Lipinski definition) is 4. The van der Waals surface area contributed by atoms with Crippen molar-refractivity contribution in [2.75, 3.05) is 22.9 Å². The molecule has 1 aliphatic heterocycles. The number of hydrogen-bond donors (Lipinski definition) is 1. The van der Waals surface area contributed by atoms with E-state index in [-0.39, 0.29) is 13.1 Å².